The molecule has 1 aliphatic heterocycles. The van der Waals surface area contributed by atoms with Crippen LogP contribution in [0.5, 0.6) is 0 Å². The number of carbonyl (C=O) groups excluding carboxylic acids is 2. The first-order valence-electron chi connectivity index (χ1n) is 8.06. The molecule has 0 aromatic heterocycles. The average molecular weight is 419 g/mol. The lowest BCUT2D eigenvalue weighted by Gasteiger charge is -2.31. The number of rotatable bonds is 5. The summed E-state index contributed by atoms with van der Waals surface area (Å²) in [5.41, 5.74) is 6.48. The molecule has 5 nitrogen and oxygen atoms in total. The average Bonchev–Trinajstić information content (AvgIpc) is 2.54. The van der Waals surface area contributed by atoms with Crippen LogP contribution in [0.25, 0.3) is 0 Å². The summed E-state index contributed by atoms with van der Waals surface area (Å²) in [5.74, 6) is 0.131. The van der Waals surface area contributed by atoms with Crippen LogP contribution in [-0.4, -0.2) is 35.8 Å². The van der Waals surface area contributed by atoms with Gasteiger partial charge in [-0.25, -0.2) is 0 Å². The quantitative estimate of drug-likeness (QED) is 0.771. The lowest BCUT2D eigenvalue weighted by atomic mass is 9.95. The predicted octanol–water partition coefficient (Wildman–Crippen LogP) is 3.18. The van der Waals surface area contributed by atoms with E-state index in [1.165, 1.54) is 0 Å². The van der Waals surface area contributed by atoms with Crippen LogP contribution in [0.15, 0.2) is 28.7 Å². The molecule has 2 amide bonds. The summed E-state index contributed by atoms with van der Waals surface area (Å²) < 4.78 is 0.872. The van der Waals surface area contributed by atoms with Crippen LogP contribution in [0.1, 0.15) is 32.6 Å². The molecule has 7 heteroatoms. The number of piperidine rings is 1. The van der Waals surface area contributed by atoms with E-state index in [0.717, 1.165) is 10.2 Å². The zero-order chi connectivity index (χ0) is 16.8. The Kier molecular flexibility index (Phi) is 8.73. The Balaban J connectivity index is 0.00000288. The minimum Gasteiger partial charge on any atom is -0.343 e. The van der Waals surface area contributed by atoms with Gasteiger partial charge in [-0.2, -0.15) is 0 Å². The van der Waals surface area contributed by atoms with Gasteiger partial charge in [0.2, 0.25) is 11.8 Å². The lowest BCUT2D eigenvalue weighted by Crippen LogP contribution is -2.41. The molecule has 1 saturated heterocycles. The molecule has 2 rings (SSSR count). The van der Waals surface area contributed by atoms with Crippen molar-refractivity contribution in [3.05, 3.63) is 28.7 Å². The fourth-order valence-corrected chi connectivity index (χ4v) is 3.08. The lowest BCUT2D eigenvalue weighted by molar-refractivity contribution is -0.134. The number of nitrogens with two attached hydrogens (primary N) is 1. The van der Waals surface area contributed by atoms with Crippen molar-refractivity contribution in [2.75, 3.05) is 18.4 Å². The van der Waals surface area contributed by atoms with Gasteiger partial charge in [0, 0.05) is 35.9 Å². The zero-order valence-electron chi connectivity index (χ0n) is 13.8. The molecular formula is C17H25BrClN3O2. The van der Waals surface area contributed by atoms with E-state index < -0.39 is 0 Å². The molecule has 1 aromatic rings. The van der Waals surface area contributed by atoms with Crippen LogP contribution in [0, 0.1) is 5.92 Å². The van der Waals surface area contributed by atoms with Gasteiger partial charge in [-0.1, -0.05) is 12.1 Å². The number of amides is 2. The van der Waals surface area contributed by atoms with Crippen molar-refractivity contribution in [3.8, 4) is 0 Å². The highest BCUT2D eigenvalue weighted by Gasteiger charge is 2.27. The molecule has 3 N–H and O–H groups in total. The molecule has 134 valence electrons. The maximum atomic E-state index is 12.4. The molecule has 0 spiro atoms. The van der Waals surface area contributed by atoms with Gasteiger partial charge in [0.05, 0.1) is 5.69 Å². The molecule has 1 atom stereocenters. The first-order chi connectivity index (χ1) is 11.0. The van der Waals surface area contributed by atoms with Crippen LogP contribution in [-0.2, 0) is 9.59 Å². The van der Waals surface area contributed by atoms with Crippen molar-refractivity contribution in [2.45, 2.75) is 38.6 Å². The number of nitrogens with zero attached hydrogens (tertiary/aromatic N) is 1. The third kappa shape index (κ3) is 6.07. The summed E-state index contributed by atoms with van der Waals surface area (Å²) >= 11 is 3.43. The number of nitrogens with one attached hydrogen (secondary N) is 1. The Morgan fingerprint density at radius 1 is 1.33 bits per heavy atom. The third-order valence-corrected chi connectivity index (χ3v) is 4.86. The molecule has 24 heavy (non-hydrogen) atoms. The molecule has 1 unspecified atom stereocenters. The van der Waals surface area contributed by atoms with Gasteiger partial charge in [-0.05, 0) is 54.2 Å². The highest BCUT2D eigenvalue weighted by Crippen LogP contribution is 2.24. The normalized spacial score (nSPS) is 16.2. The highest BCUT2D eigenvalue weighted by atomic mass is 79.9. The molecule has 0 bridgehead atoms. The van der Waals surface area contributed by atoms with Crippen LogP contribution >= 0.6 is 28.3 Å². The third-order valence-electron chi connectivity index (χ3n) is 4.16. The van der Waals surface area contributed by atoms with Gasteiger partial charge in [0.15, 0.2) is 0 Å². The van der Waals surface area contributed by atoms with E-state index in [-0.39, 0.29) is 36.2 Å². The largest absolute Gasteiger partial charge is 0.343 e. The summed E-state index contributed by atoms with van der Waals surface area (Å²) in [5, 5.41) is 2.96. The van der Waals surface area contributed by atoms with Gasteiger partial charge in [0.1, 0.15) is 0 Å². The number of benzene rings is 1. The monoisotopic (exact) mass is 417 g/mol. The van der Waals surface area contributed by atoms with E-state index in [9.17, 15) is 9.59 Å². The van der Waals surface area contributed by atoms with Crippen LogP contribution in [0.4, 0.5) is 5.69 Å². The van der Waals surface area contributed by atoms with E-state index in [0.29, 0.717) is 38.8 Å². The fourth-order valence-electron chi connectivity index (χ4n) is 2.70. The Morgan fingerprint density at radius 3 is 2.54 bits per heavy atom. The van der Waals surface area contributed by atoms with Crippen molar-refractivity contribution in [2.24, 2.45) is 11.7 Å². The van der Waals surface area contributed by atoms with Crippen LogP contribution in [0.3, 0.4) is 0 Å². The summed E-state index contributed by atoms with van der Waals surface area (Å²) in [6, 6.07) is 7.61. The first-order valence-corrected chi connectivity index (χ1v) is 8.85. The Bertz CT molecular complexity index is 561. The summed E-state index contributed by atoms with van der Waals surface area (Å²) in [7, 11) is 0. The van der Waals surface area contributed by atoms with Gasteiger partial charge in [-0.3, -0.25) is 9.59 Å². The number of hydrogen-bond acceptors (Lipinski definition) is 3. The van der Waals surface area contributed by atoms with E-state index >= 15 is 0 Å². The fraction of sp³-hybridized carbons (Fsp3) is 0.529. The van der Waals surface area contributed by atoms with Crippen molar-refractivity contribution in [1.82, 2.24) is 4.90 Å². The van der Waals surface area contributed by atoms with Gasteiger partial charge in [-0.15, -0.1) is 12.4 Å². The molecule has 1 heterocycles. The second kappa shape index (κ2) is 10.0. The summed E-state index contributed by atoms with van der Waals surface area (Å²) in [6.45, 7) is 3.20. The number of hydrogen-bond donors (Lipinski definition) is 2. The Labute approximate surface area is 157 Å². The van der Waals surface area contributed by atoms with E-state index in [4.69, 9.17) is 5.73 Å². The maximum absolute atomic E-state index is 12.4. The topological polar surface area (TPSA) is 75.4 Å². The van der Waals surface area contributed by atoms with Crippen molar-refractivity contribution < 1.29 is 9.59 Å². The Hall–Kier alpha value is -1.11. The van der Waals surface area contributed by atoms with Crippen molar-refractivity contribution in [1.29, 1.82) is 0 Å². The van der Waals surface area contributed by atoms with E-state index in [1.807, 2.05) is 36.1 Å². The van der Waals surface area contributed by atoms with E-state index in [1.54, 1.807) is 0 Å². The molecule has 1 fully saturated rings. The molecule has 0 saturated carbocycles. The minimum absolute atomic E-state index is 0. The molecule has 0 aliphatic carbocycles. The number of anilines is 1. The number of para-hydroxylation sites is 1. The number of carbonyl (C=O) groups is 2. The minimum atomic E-state index is -0.0420. The Morgan fingerprint density at radius 2 is 1.96 bits per heavy atom. The van der Waals surface area contributed by atoms with Gasteiger partial charge in [0.25, 0.3) is 0 Å². The zero-order valence-corrected chi connectivity index (χ0v) is 16.2. The molecule has 1 aliphatic rings. The maximum Gasteiger partial charge on any atom is 0.227 e. The summed E-state index contributed by atoms with van der Waals surface area (Å²) in [6.07, 6.45) is 2.62. The molecular weight excluding hydrogens is 394 g/mol. The number of likely N-dealkylation sites (tertiary alicyclic amines) is 1. The highest BCUT2D eigenvalue weighted by molar-refractivity contribution is 9.10. The summed E-state index contributed by atoms with van der Waals surface area (Å²) in [4.78, 5) is 26.3. The second-order valence-corrected chi connectivity index (χ2v) is 6.99. The molecule has 1 aromatic carbocycles. The predicted molar refractivity (Wildman–Crippen MR) is 102 cm³/mol. The second-order valence-electron chi connectivity index (χ2n) is 6.14. The van der Waals surface area contributed by atoms with Crippen molar-refractivity contribution >= 4 is 45.8 Å². The SMILES string of the molecule is CC(N)CCC(=O)N1CCC(C(=O)Nc2ccccc2Br)CC1.Cl. The van der Waals surface area contributed by atoms with Crippen molar-refractivity contribution in [3.63, 3.8) is 0 Å². The molecule has 0 radical (unpaired) electrons. The van der Waals surface area contributed by atoms with Crippen LogP contribution in [0.2, 0.25) is 0 Å². The van der Waals surface area contributed by atoms with Gasteiger partial charge < -0.3 is 16.0 Å². The van der Waals surface area contributed by atoms with E-state index in [2.05, 4.69) is 21.2 Å². The van der Waals surface area contributed by atoms with Crippen LogP contribution < -0.4 is 11.1 Å². The standard InChI is InChI=1S/C17H24BrN3O2.ClH/c1-12(19)6-7-16(22)21-10-8-13(9-11-21)17(23)20-15-5-3-2-4-14(15)18;/h2-5,12-13H,6-11,19H2,1H3,(H,20,23);1H. The first kappa shape index (κ1) is 20.9. The van der Waals surface area contributed by atoms with Gasteiger partial charge >= 0.3 is 0 Å². The smallest absolute Gasteiger partial charge is 0.227 e. The number of halogens is 2.